The van der Waals surface area contributed by atoms with E-state index in [0.717, 1.165) is 56.9 Å². The number of thiazole rings is 1. The minimum atomic E-state index is -0.0580. The summed E-state index contributed by atoms with van der Waals surface area (Å²) >= 11 is 1.50. The first-order valence-corrected chi connectivity index (χ1v) is 8.77. The highest BCUT2D eigenvalue weighted by atomic mass is 32.1. The number of piperidine rings is 1. The average Bonchev–Trinajstić information content (AvgIpc) is 2.98. The quantitative estimate of drug-likeness (QED) is 0.693. The largest absolute Gasteiger partial charge is 0.385 e. The van der Waals surface area contributed by atoms with Crippen LogP contribution < -0.4 is 11.1 Å². The molecule has 1 aliphatic heterocycles. The molecule has 1 saturated heterocycles. The summed E-state index contributed by atoms with van der Waals surface area (Å²) < 4.78 is 5.08. The molecule has 1 aromatic heterocycles. The first kappa shape index (κ1) is 17.3. The molecule has 1 aliphatic rings. The number of nitrogens with two attached hydrogens (primary N) is 1. The third-order valence-electron chi connectivity index (χ3n) is 3.89. The number of ether oxygens (including phenoxy) is 1. The number of nitrogens with zero attached hydrogens (tertiary/aromatic N) is 2. The van der Waals surface area contributed by atoms with E-state index >= 15 is 0 Å². The molecule has 2 rings (SSSR count). The highest BCUT2D eigenvalue weighted by molar-refractivity contribution is 7.09. The molecule has 6 nitrogen and oxygen atoms in total. The van der Waals surface area contributed by atoms with E-state index in [1.165, 1.54) is 11.3 Å². The molecule has 1 amide bonds. The van der Waals surface area contributed by atoms with Gasteiger partial charge in [-0.05, 0) is 25.8 Å². The van der Waals surface area contributed by atoms with E-state index in [0.29, 0.717) is 12.2 Å². The Morgan fingerprint density at radius 3 is 3.00 bits per heavy atom. The van der Waals surface area contributed by atoms with Crippen molar-refractivity contribution in [1.82, 2.24) is 15.2 Å². The highest BCUT2D eigenvalue weighted by Gasteiger charge is 2.21. The standard InChI is InChI=1S/C15H26N4O2S/c1-21-10-2-7-19-8-4-12(5-9-19)17-15(20)13-11-22-14(18-13)3-6-16/h11-12H,2-10,16H2,1H3,(H,17,20). The van der Waals surface area contributed by atoms with Gasteiger partial charge in [-0.3, -0.25) is 4.79 Å². The van der Waals surface area contributed by atoms with E-state index in [2.05, 4.69) is 15.2 Å². The monoisotopic (exact) mass is 326 g/mol. The van der Waals surface area contributed by atoms with Gasteiger partial charge in [-0.2, -0.15) is 0 Å². The zero-order chi connectivity index (χ0) is 15.8. The van der Waals surface area contributed by atoms with Crippen LogP contribution in [0.4, 0.5) is 0 Å². The Bertz CT molecular complexity index is 458. The lowest BCUT2D eigenvalue weighted by Crippen LogP contribution is -2.45. The Morgan fingerprint density at radius 2 is 2.32 bits per heavy atom. The summed E-state index contributed by atoms with van der Waals surface area (Å²) in [5.74, 6) is -0.0580. The van der Waals surface area contributed by atoms with Crippen molar-refractivity contribution in [1.29, 1.82) is 0 Å². The summed E-state index contributed by atoms with van der Waals surface area (Å²) in [4.78, 5) is 19.0. The van der Waals surface area contributed by atoms with Gasteiger partial charge in [0.2, 0.25) is 0 Å². The van der Waals surface area contributed by atoms with Crippen LogP contribution in [0.1, 0.15) is 34.8 Å². The molecule has 124 valence electrons. The molecule has 7 heteroatoms. The summed E-state index contributed by atoms with van der Waals surface area (Å²) in [7, 11) is 1.74. The highest BCUT2D eigenvalue weighted by Crippen LogP contribution is 2.13. The first-order chi connectivity index (χ1) is 10.7. The van der Waals surface area contributed by atoms with Crippen molar-refractivity contribution in [3.8, 4) is 0 Å². The van der Waals surface area contributed by atoms with E-state index in [-0.39, 0.29) is 11.9 Å². The predicted molar refractivity (Wildman–Crippen MR) is 88.3 cm³/mol. The Balaban J connectivity index is 1.71. The number of likely N-dealkylation sites (tertiary alicyclic amines) is 1. The molecule has 0 unspecified atom stereocenters. The van der Waals surface area contributed by atoms with Gasteiger partial charge in [-0.1, -0.05) is 0 Å². The molecule has 0 aromatic carbocycles. The second-order valence-corrected chi connectivity index (χ2v) is 6.54. The second-order valence-electron chi connectivity index (χ2n) is 5.60. The lowest BCUT2D eigenvalue weighted by molar-refractivity contribution is 0.0902. The summed E-state index contributed by atoms with van der Waals surface area (Å²) in [6.45, 7) is 4.51. The molecule has 1 aromatic rings. The van der Waals surface area contributed by atoms with Gasteiger partial charge in [0.15, 0.2) is 0 Å². The number of hydrogen-bond donors (Lipinski definition) is 2. The normalized spacial score (nSPS) is 16.8. The summed E-state index contributed by atoms with van der Waals surface area (Å²) in [6, 6.07) is 0.255. The van der Waals surface area contributed by atoms with Crippen molar-refractivity contribution >= 4 is 17.2 Å². The number of nitrogens with one attached hydrogen (secondary N) is 1. The van der Waals surface area contributed by atoms with Gasteiger partial charge in [0.1, 0.15) is 5.69 Å². The van der Waals surface area contributed by atoms with Crippen LogP contribution in [-0.2, 0) is 11.2 Å². The minimum Gasteiger partial charge on any atom is -0.385 e. The van der Waals surface area contributed by atoms with Crippen LogP contribution in [0.25, 0.3) is 0 Å². The molecule has 1 fully saturated rings. The topological polar surface area (TPSA) is 80.5 Å². The number of methoxy groups -OCH3 is 1. The maximum atomic E-state index is 12.2. The minimum absolute atomic E-state index is 0.0580. The van der Waals surface area contributed by atoms with Crippen molar-refractivity contribution in [2.24, 2.45) is 5.73 Å². The van der Waals surface area contributed by atoms with Crippen molar-refractivity contribution < 1.29 is 9.53 Å². The fraction of sp³-hybridized carbons (Fsp3) is 0.733. The van der Waals surface area contributed by atoms with Crippen LogP contribution in [0.5, 0.6) is 0 Å². The zero-order valence-corrected chi connectivity index (χ0v) is 14.0. The van der Waals surface area contributed by atoms with Gasteiger partial charge < -0.3 is 20.7 Å². The molecule has 0 aliphatic carbocycles. The molecule has 0 spiro atoms. The van der Waals surface area contributed by atoms with Gasteiger partial charge >= 0.3 is 0 Å². The van der Waals surface area contributed by atoms with Crippen LogP contribution in [0.3, 0.4) is 0 Å². The number of carbonyl (C=O) groups is 1. The van der Waals surface area contributed by atoms with E-state index < -0.39 is 0 Å². The van der Waals surface area contributed by atoms with E-state index in [4.69, 9.17) is 10.5 Å². The fourth-order valence-corrected chi connectivity index (χ4v) is 3.44. The van der Waals surface area contributed by atoms with Gasteiger partial charge in [0.25, 0.3) is 5.91 Å². The van der Waals surface area contributed by atoms with Crippen molar-refractivity contribution in [2.75, 3.05) is 39.9 Å². The molecule has 0 radical (unpaired) electrons. The maximum Gasteiger partial charge on any atom is 0.270 e. The third-order valence-corrected chi connectivity index (χ3v) is 4.80. The summed E-state index contributed by atoms with van der Waals surface area (Å²) in [5, 5.41) is 5.85. The summed E-state index contributed by atoms with van der Waals surface area (Å²) in [5.41, 5.74) is 6.03. The Kier molecular flexibility index (Phi) is 7.24. The van der Waals surface area contributed by atoms with Crippen molar-refractivity contribution in [3.63, 3.8) is 0 Å². The third kappa shape index (κ3) is 5.31. The molecule has 2 heterocycles. The lowest BCUT2D eigenvalue weighted by Gasteiger charge is -2.32. The predicted octanol–water partition coefficient (Wildman–Crippen LogP) is 0.875. The van der Waals surface area contributed by atoms with E-state index in [1.54, 1.807) is 7.11 Å². The van der Waals surface area contributed by atoms with Crippen LogP contribution in [0.15, 0.2) is 5.38 Å². The molecular formula is C15H26N4O2S. The number of aromatic nitrogens is 1. The SMILES string of the molecule is COCCCN1CCC(NC(=O)c2csc(CCN)n2)CC1. The molecular weight excluding hydrogens is 300 g/mol. The van der Waals surface area contributed by atoms with Crippen LogP contribution in [0, 0.1) is 0 Å². The number of hydrogen-bond acceptors (Lipinski definition) is 6. The molecule has 22 heavy (non-hydrogen) atoms. The number of rotatable bonds is 8. The van der Waals surface area contributed by atoms with E-state index in [9.17, 15) is 4.79 Å². The Hall–Kier alpha value is -1.02. The van der Waals surface area contributed by atoms with Crippen LogP contribution in [0.2, 0.25) is 0 Å². The molecule has 3 N–H and O–H groups in total. The van der Waals surface area contributed by atoms with Crippen LogP contribution in [-0.4, -0.2) is 61.7 Å². The van der Waals surface area contributed by atoms with Gasteiger partial charge in [0.05, 0.1) is 5.01 Å². The summed E-state index contributed by atoms with van der Waals surface area (Å²) in [6.07, 6.45) is 3.80. The smallest absolute Gasteiger partial charge is 0.270 e. The Morgan fingerprint density at radius 1 is 1.55 bits per heavy atom. The molecule has 0 saturated carbocycles. The van der Waals surface area contributed by atoms with Crippen LogP contribution >= 0.6 is 11.3 Å². The molecule has 0 bridgehead atoms. The average molecular weight is 326 g/mol. The maximum absolute atomic E-state index is 12.2. The zero-order valence-electron chi connectivity index (χ0n) is 13.2. The number of amides is 1. The van der Waals surface area contributed by atoms with Crippen molar-refractivity contribution in [2.45, 2.75) is 31.7 Å². The fourth-order valence-electron chi connectivity index (χ4n) is 2.65. The van der Waals surface area contributed by atoms with Gasteiger partial charge in [0, 0.05) is 51.2 Å². The van der Waals surface area contributed by atoms with Gasteiger partial charge in [-0.25, -0.2) is 4.98 Å². The lowest BCUT2D eigenvalue weighted by atomic mass is 10.0. The number of carbonyl (C=O) groups excluding carboxylic acids is 1. The Labute approximate surface area is 136 Å². The van der Waals surface area contributed by atoms with E-state index in [1.807, 2.05) is 5.38 Å². The second kappa shape index (κ2) is 9.19. The van der Waals surface area contributed by atoms with Crippen molar-refractivity contribution in [3.05, 3.63) is 16.1 Å². The first-order valence-electron chi connectivity index (χ1n) is 7.89. The van der Waals surface area contributed by atoms with Gasteiger partial charge in [-0.15, -0.1) is 11.3 Å². The molecule has 0 atom stereocenters.